The van der Waals surface area contributed by atoms with Crippen LogP contribution in [0, 0.1) is 6.92 Å². The molecule has 0 unspecified atom stereocenters. The SMILES string of the molecule is CCOC(=O)C(=O)c1oc2cc(O)ccc2c1C. The number of esters is 1. The lowest BCUT2D eigenvalue weighted by atomic mass is 10.1. The van der Waals surface area contributed by atoms with Crippen molar-refractivity contribution >= 4 is 22.7 Å². The fourth-order valence-corrected chi connectivity index (χ4v) is 1.72. The molecule has 18 heavy (non-hydrogen) atoms. The van der Waals surface area contributed by atoms with Crippen LogP contribution in [0.1, 0.15) is 23.0 Å². The van der Waals surface area contributed by atoms with Crippen molar-refractivity contribution < 1.29 is 23.8 Å². The zero-order chi connectivity index (χ0) is 13.3. The average molecular weight is 248 g/mol. The number of aromatic hydroxyl groups is 1. The molecule has 94 valence electrons. The predicted octanol–water partition coefficient (Wildman–Crippen LogP) is 2.19. The minimum atomic E-state index is -0.941. The number of phenolic OH excluding ortho intramolecular Hbond substituents is 1. The van der Waals surface area contributed by atoms with Crippen LogP contribution in [-0.2, 0) is 9.53 Å². The number of hydrogen-bond acceptors (Lipinski definition) is 5. The van der Waals surface area contributed by atoms with E-state index in [9.17, 15) is 14.7 Å². The maximum Gasteiger partial charge on any atom is 0.383 e. The monoisotopic (exact) mass is 248 g/mol. The van der Waals surface area contributed by atoms with E-state index in [2.05, 4.69) is 4.74 Å². The van der Waals surface area contributed by atoms with Gasteiger partial charge in [-0.05, 0) is 26.0 Å². The second kappa shape index (κ2) is 4.52. The normalized spacial score (nSPS) is 10.6. The summed E-state index contributed by atoms with van der Waals surface area (Å²) in [5.74, 6) is -1.77. The molecule has 1 aromatic carbocycles. The summed E-state index contributed by atoms with van der Waals surface area (Å²) < 4.78 is 9.93. The Balaban J connectivity index is 2.49. The van der Waals surface area contributed by atoms with E-state index in [-0.39, 0.29) is 18.1 Å². The lowest BCUT2D eigenvalue weighted by Gasteiger charge is -1.98. The minimum absolute atomic E-state index is 0.0337. The Morgan fingerprint density at radius 3 is 2.78 bits per heavy atom. The van der Waals surface area contributed by atoms with Gasteiger partial charge in [0.2, 0.25) is 0 Å². The summed E-state index contributed by atoms with van der Waals surface area (Å²) in [7, 11) is 0. The molecule has 0 atom stereocenters. The number of benzene rings is 1. The summed E-state index contributed by atoms with van der Waals surface area (Å²) in [6.45, 7) is 3.43. The second-order valence-electron chi connectivity index (χ2n) is 3.79. The Hall–Kier alpha value is -2.30. The molecule has 2 aromatic rings. The molecule has 0 bridgehead atoms. The Morgan fingerprint density at radius 2 is 2.11 bits per heavy atom. The van der Waals surface area contributed by atoms with Gasteiger partial charge in [0.15, 0.2) is 5.76 Å². The topological polar surface area (TPSA) is 76.7 Å². The molecule has 0 aliphatic heterocycles. The Morgan fingerprint density at radius 1 is 1.39 bits per heavy atom. The van der Waals surface area contributed by atoms with Gasteiger partial charge in [-0.1, -0.05) is 0 Å². The van der Waals surface area contributed by atoms with Crippen LogP contribution in [0.3, 0.4) is 0 Å². The van der Waals surface area contributed by atoms with Crippen LogP contribution in [0.25, 0.3) is 11.0 Å². The van der Waals surface area contributed by atoms with Gasteiger partial charge in [-0.2, -0.15) is 0 Å². The number of aryl methyl sites for hydroxylation is 1. The molecule has 2 rings (SSSR count). The van der Waals surface area contributed by atoms with Crippen molar-refractivity contribution in [3.8, 4) is 5.75 Å². The number of rotatable bonds is 3. The largest absolute Gasteiger partial charge is 0.508 e. The van der Waals surface area contributed by atoms with E-state index >= 15 is 0 Å². The average Bonchev–Trinajstić information content (AvgIpc) is 2.65. The molecule has 0 spiro atoms. The van der Waals surface area contributed by atoms with E-state index in [1.165, 1.54) is 12.1 Å². The highest BCUT2D eigenvalue weighted by Crippen LogP contribution is 2.28. The van der Waals surface area contributed by atoms with E-state index in [1.807, 2.05) is 0 Å². The molecule has 0 aliphatic carbocycles. The molecule has 5 heteroatoms. The summed E-state index contributed by atoms with van der Waals surface area (Å²) >= 11 is 0. The van der Waals surface area contributed by atoms with Crippen LogP contribution in [0.4, 0.5) is 0 Å². The quantitative estimate of drug-likeness (QED) is 0.512. The number of carbonyl (C=O) groups is 2. The highest BCUT2D eigenvalue weighted by atomic mass is 16.5. The number of furan rings is 1. The molecule has 1 aromatic heterocycles. The van der Waals surface area contributed by atoms with E-state index in [0.29, 0.717) is 16.5 Å². The number of ketones is 1. The lowest BCUT2D eigenvalue weighted by Crippen LogP contribution is -2.17. The Bertz CT molecular complexity index is 624. The first-order valence-corrected chi connectivity index (χ1v) is 5.48. The highest BCUT2D eigenvalue weighted by molar-refractivity contribution is 6.40. The number of Topliss-reactive ketones (excluding diaryl/α,β-unsaturated/α-hetero) is 1. The first kappa shape index (κ1) is 12.2. The molecular formula is C13H12O5. The van der Waals surface area contributed by atoms with Crippen LogP contribution in [0.15, 0.2) is 22.6 Å². The Kier molecular flexibility index (Phi) is 3.06. The third-order valence-corrected chi connectivity index (χ3v) is 2.59. The van der Waals surface area contributed by atoms with Gasteiger partial charge in [-0.3, -0.25) is 4.79 Å². The van der Waals surface area contributed by atoms with Crippen molar-refractivity contribution in [3.63, 3.8) is 0 Å². The van der Waals surface area contributed by atoms with Crippen molar-refractivity contribution in [2.24, 2.45) is 0 Å². The molecule has 5 nitrogen and oxygen atoms in total. The first-order chi connectivity index (χ1) is 8.54. The molecule has 1 heterocycles. The number of phenols is 1. The van der Waals surface area contributed by atoms with Crippen molar-refractivity contribution in [2.75, 3.05) is 6.61 Å². The summed E-state index contributed by atoms with van der Waals surface area (Å²) in [5.41, 5.74) is 0.920. The van der Waals surface area contributed by atoms with Crippen LogP contribution < -0.4 is 0 Å². The predicted molar refractivity (Wildman–Crippen MR) is 63.6 cm³/mol. The molecule has 0 saturated heterocycles. The van der Waals surface area contributed by atoms with Gasteiger partial charge in [-0.25, -0.2) is 4.79 Å². The number of hydrogen-bond donors (Lipinski definition) is 1. The lowest BCUT2D eigenvalue weighted by molar-refractivity contribution is -0.137. The van der Waals surface area contributed by atoms with Gasteiger partial charge in [0, 0.05) is 17.0 Å². The van der Waals surface area contributed by atoms with Gasteiger partial charge in [-0.15, -0.1) is 0 Å². The minimum Gasteiger partial charge on any atom is -0.508 e. The van der Waals surface area contributed by atoms with E-state index in [1.54, 1.807) is 19.9 Å². The van der Waals surface area contributed by atoms with Crippen LogP contribution >= 0.6 is 0 Å². The highest BCUT2D eigenvalue weighted by Gasteiger charge is 2.25. The van der Waals surface area contributed by atoms with E-state index < -0.39 is 11.8 Å². The van der Waals surface area contributed by atoms with Crippen molar-refractivity contribution in [2.45, 2.75) is 13.8 Å². The standard InChI is InChI=1S/C13H12O5/c1-3-17-13(16)11(15)12-7(2)9-5-4-8(14)6-10(9)18-12/h4-6,14H,3H2,1-2H3. The fourth-order valence-electron chi connectivity index (χ4n) is 1.72. The zero-order valence-corrected chi connectivity index (χ0v) is 10.0. The van der Waals surface area contributed by atoms with Gasteiger partial charge < -0.3 is 14.3 Å². The van der Waals surface area contributed by atoms with Crippen molar-refractivity contribution in [3.05, 3.63) is 29.5 Å². The van der Waals surface area contributed by atoms with Crippen LogP contribution in [-0.4, -0.2) is 23.5 Å². The Labute approximate surface area is 103 Å². The second-order valence-corrected chi connectivity index (χ2v) is 3.79. The van der Waals surface area contributed by atoms with Gasteiger partial charge in [0.25, 0.3) is 0 Å². The molecule has 0 amide bonds. The molecule has 0 aliphatic rings. The number of carbonyl (C=O) groups excluding carboxylic acids is 2. The molecule has 0 fully saturated rings. The summed E-state index contributed by atoms with van der Waals surface area (Å²) in [6, 6.07) is 4.51. The molecular weight excluding hydrogens is 236 g/mol. The molecule has 0 radical (unpaired) electrons. The maximum absolute atomic E-state index is 11.8. The number of ether oxygens (including phenoxy) is 1. The van der Waals surface area contributed by atoms with Gasteiger partial charge in [0.1, 0.15) is 11.3 Å². The first-order valence-electron chi connectivity index (χ1n) is 5.48. The number of fused-ring (bicyclic) bond motifs is 1. The zero-order valence-electron chi connectivity index (χ0n) is 10.0. The third-order valence-electron chi connectivity index (χ3n) is 2.59. The van der Waals surface area contributed by atoms with Crippen molar-refractivity contribution in [1.82, 2.24) is 0 Å². The van der Waals surface area contributed by atoms with Crippen LogP contribution in [0.2, 0.25) is 0 Å². The van der Waals surface area contributed by atoms with Crippen molar-refractivity contribution in [1.29, 1.82) is 0 Å². The summed E-state index contributed by atoms with van der Waals surface area (Å²) in [6.07, 6.45) is 0. The molecule has 0 saturated carbocycles. The van der Waals surface area contributed by atoms with Gasteiger partial charge >= 0.3 is 11.8 Å². The van der Waals surface area contributed by atoms with Crippen LogP contribution in [0.5, 0.6) is 5.75 Å². The summed E-state index contributed by atoms with van der Waals surface area (Å²) in [5, 5.41) is 10.0. The molecule has 1 N–H and O–H groups in total. The smallest absolute Gasteiger partial charge is 0.383 e. The van der Waals surface area contributed by atoms with E-state index in [4.69, 9.17) is 4.42 Å². The fraction of sp³-hybridized carbons (Fsp3) is 0.231. The maximum atomic E-state index is 11.8. The third kappa shape index (κ3) is 1.95. The van der Waals surface area contributed by atoms with E-state index in [0.717, 1.165) is 0 Å². The van der Waals surface area contributed by atoms with Gasteiger partial charge in [0.05, 0.1) is 6.61 Å². The summed E-state index contributed by atoms with van der Waals surface area (Å²) in [4.78, 5) is 23.1.